The predicted molar refractivity (Wildman–Crippen MR) is 93.8 cm³/mol. The fourth-order valence-electron chi connectivity index (χ4n) is 2.84. The Morgan fingerprint density at radius 1 is 1.38 bits per heavy atom. The normalized spacial score (nSPS) is 19.6. The first-order valence-corrected chi connectivity index (χ1v) is 8.97. The molecule has 0 radical (unpaired) electrons. The first-order valence-electron chi connectivity index (χ1n) is 8.16. The topological polar surface area (TPSA) is 79.7 Å². The van der Waals surface area contributed by atoms with Crippen molar-refractivity contribution in [1.29, 1.82) is 0 Å². The number of amides is 1. The Morgan fingerprint density at radius 2 is 2.08 bits per heavy atom. The van der Waals surface area contributed by atoms with E-state index in [9.17, 15) is 19.1 Å². The molecule has 8 heteroatoms. The Bertz CT molecular complexity index is 836. The van der Waals surface area contributed by atoms with Gasteiger partial charge in [0, 0.05) is 13.1 Å². The molecule has 2 aromatic rings. The molecule has 1 atom stereocenters. The SMILES string of the molecule is Cc1nc(COc2ccc(F)cc2)sc1C(=O)N1CCC(C)(C(=O)O)C1. The van der Waals surface area contributed by atoms with Crippen LogP contribution >= 0.6 is 11.3 Å². The summed E-state index contributed by atoms with van der Waals surface area (Å²) in [6.07, 6.45) is 0.437. The maximum Gasteiger partial charge on any atom is 0.311 e. The van der Waals surface area contributed by atoms with Crippen LogP contribution in [0.15, 0.2) is 24.3 Å². The zero-order chi connectivity index (χ0) is 18.9. The number of ether oxygens (including phenoxy) is 1. The third-order valence-electron chi connectivity index (χ3n) is 4.49. The molecular weight excluding hydrogens is 359 g/mol. The average Bonchev–Trinajstić information content (AvgIpc) is 3.18. The van der Waals surface area contributed by atoms with E-state index < -0.39 is 11.4 Å². The van der Waals surface area contributed by atoms with Crippen LogP contribution in [0.5, 0.6) is 5.75 Å². The number of carboxylic acids is 1. The average molecular weight is 378 g/mol. The van der Waals surface area contributed by atoms with Gasteiger partial charge in [0.25, 0.3) is 5.91 Å². The predicted octanol–water partition coefficient (Wildman–Crippen LogP) is 3.11. The monoisotopic (exact) mass is 378 g/mol. The highest BCUT2D eigenvalue weighted by Gasteiger charge is 2.42. The second-order valence-electron chi connectivity index (χ2n) is 6.61. The second-order valence-corrected chi connectivity index (χ2v) is 7.69. The summed E-state index contributed by atoms with van der Waals surface area (Å²) in [5.41, 5.74) is -0.301. The molecule has 3 rings (SSSR count). The van der Waals surface area contributed by atoms with E-state index in [1.807, 2.05) is 0 Å². The number of rotatable bonds is 5. The van der Waals surface area contributed by atoms with E-state index in [1.54, 1.807) is 18.7 Å². The molecule has 1 amide bonds. The number of hydrogen-bond donors (Lipinski definition) is 1. The van der Waals surface area contributed by atoms with Gasteiger partial charge < -0.3 is 14.7 Å². The molecule has 0 saturated carbocycles. The highest BCUT2D eigenvalue weighted by atomic mass is 32.1. The molecule has 0 bridgehead atoms. The number of aryl methyl sites for hydroxylation is 1. The number of hydrogen-bond acceptors (Lipinski definition) is 5. The van der Waals surface area contributed by atoms with E-state index >= 15 is 0 Å². The molecule has 1 saturated heterocycles. The number of nitrogens with zero attached hydrogens (tertiary/aromatic N) is 2. The standard InChI is InChI=1S/C18H19FN2O4S/c1-11-15(16(22)21-8-7-18(2,10-21)17(23)24)26-14(20-11)9-25-13-5-3-12(19)4-6-13/h3-6H,7-10H2,1-2H3,(H,23,24). The fourth-order valence-corrected chi connectivity index (χ4v) is 3.79. The number of carbonyl (C=O) groups excluding carboxylic acids is 1. The van der Waals surface area contributed by atoms with Gasteiger partial charge in [-0.3, -0.25) is 9.59 Å². The summed E-state index contributed by atoms with van der Waals surface area (Å²) < 4.78 is 18.5. The van der Waals surface area contributed by atoms with Gasteiger partial charge in [-0.05, 0) is 44.5 Å². The maximum atomic E-state index is 12.9. The Labute approximate surface area is 154 Å². The lowest BCUT2D eigenvalue weighted by Gasteiger charge is -2.19. The van der Waals surface area contributed by atoms with E-state index in [4.69, 9.17) is 4.74 Å². The first kappa shape index (κ1) is 18.3. The van der Waals surface area contributed by atoms with Gasteiger partial charge in [0.2, 0.25) is 0 Å². The molecule has 0 aliphatic carbocycles. The molecule has 26 heavy (non-hydrogen) atoms. The van der Waals surface area contributed by atoms with Crippen LogP contribution in [0.25, 0.3) is 0 Å². The van der Waals surface area contributed by atoms with Crippen LogP contribution in [-0.2, 0) is 11.4 Å². The van der Waals surface area contributed by atoms with Gasteiger partial charge in [-0.2, -0.15) is 0 Å². The van der Waals surface area contributed by atoms with Crippen LogP contribution < -0.4 is 4.74 Å². The summed E-state index contributed by atoms with van der Waals surface area (Å²) in [7, 11) is 0. The third kappa shape index (κ3) is 3.70. The Morgan fingerprint density at radius 3 is 2.69 bits per heavy atom. The molecule has 1 aliphatic rings. The smallest absolute Gasteiger partial charge is 0.311 e. The highest BCUT2D eigenvalue weighted by Crippen LogP contribution is 2.32. The molecule has 2 heterocycles. The van der Waals surface area contributed by atoms with Gasteiger partial charge in [-0.1, -0.05) is 0 Å². The zero-order valence-corrected chi connectivity index (χ0v) is 15.3. The lowest BCUT2D eigenvalue weighted by molar-refractivity contribution is -0.147. The fraction of sp³-hybridized carbons (Fsp3) is 0.389. The van der Waals surface area contributed by atoms with Crippen molar-refractivity contribution >= 4 is 23.2 Å². The summed E-state index contributed by atoms with van der Waals surface area (Å²) >= 11 is 1.24. The third-order valence-corrected chi connectivity index (χ3v) is 5.61. The van der Waals surface area contributed by atoms with Crippen molar-refractivity contribution in [2.24, 2.45) is 5.41 Å². The van der Waals surface area contributed by atoms with E-state index in [0.29, 0.717) is 34.3 Å². The van der Waals surface area contributed by atoms with Crippen molar-refractivity contribution in [1.82, 2.24) is 9.88 Å². The van der Waals surface area contributed by atoms with Gasteiger partial charge in [-0.15, -0.1) is 11.3 Å². The Kier molecular flexibility index (Phi) is 4.95. The molecule has 0 spiro atoms. The summed E-state index contributed by atoms with van der Waals surface area (Å²) in [6, 6.07) is 5.67. The Hall–Kier alpha value is -2.48. The van der Waals surface area contributed by atoms with Gasteiger partial charge >= 0.3 is 5.97 Å². The van der Waals surface area contributed by atoms with Gasteiger partial charge in [-0.25, -0.2) is 9.37 Å². The van der Waals surface area contributed by atoms with Crippen LogP contribution in [0.2, 0.25) is 0 Å². The van der Waals surface area contributed by atoms with E-state index in [1.165, 1.54) is 35.6 Å². The molecular formula is C18H19FN2O4S. The molecule has 1 fully saturated rings. The molecule has 1 aromatic carbocycles. The minimum Gasteiger partial charge on any atom is -0.486 e. The number of halogens is 1. The number of thiazole rings is 1. The van der Waals surface area contributed by atoms with Crippen molar-refractivity contribution in [2.45, 2.75) is 26.9 Å². The van der Waals surface area contributed by atoms with Crippen LogP contribution in [-0.4, -0.2) is 40.0 Å². The summed E-state index contributed by atoms with van der Waals surface area (Å²) in [4.78, 5) is 30.5. The molecule has 1 N–H and O–H groups in total. The van der Waals surface area contributed by atoms with Crippen LogP contribution in [0.4, 0.5) is 4.39 Å². The zero-order valence-electron chi connectivity index (χ0n) is 14.5. The van der Waals surface area contributed by atoms with Crippen LogP contribution in [0.3, 0.4) is 0 Å². The first-order chi connectivity index (χ1) is 12.3. The molecule has 1 aliphatic heterocycles. The summed E-state index contributed by atoms with van der Waals surface area (Å²) in [5.74, 6) is -0.904. The van der Waals surface area contributed by atoms with Crippen molar-refractivity contribution in [3.63, 3.8) is 0 Å². The number of benzene rings is 1. The lowest BCUT2D eigenvalue weighted by Crippen LogP contribution is -2.34. The van der Waals surface area contributed by atoms with Crippen molar-refractivity contribution in [3.05, 3.63) is 45.7 Å². The number of carbonyl (C=O) groups is 2. The minimum absolute atomic E-state index is 0.178. The molecule has 1 aromatic heterocycles. The largest absolute Gasteiger partial charge is 0.486 e. The van der Waals surface area contributed by atoms with Gasteiger partial charge in [0.15, 0.2) is 0 Å². The van der Waals surface area contributed by atoms with Gasteiger partial charge in [0.05, 0.1) is 11.1 Å². The molecule has 1 unspecified atom stereocenters. The molecule has 6 nitrogen and oxygen atoms in total. The van der Waals surface area contributed by atoms with E-state index in [0.717, 1.165) is 0 Å². The van der Waals surface area contributed by atoms with Crippen LogP contribution in [0.1, 0.15) is 33.7 Å². The van der Waals surface area contributed by atoms with Crippen molar-refractivity contribution in [3.8, 4) is 5.75 Å². The quantitative estimate of drug-likeness (QED) is 0.865. The maximum absolute atomic E-state index is 12.9. The highest BCUT2D eigenvalue weighted by molar-refractivity contribution is 7.13. The van der Waals surface area contributed by atoms with Crippen molar-refractivity contribution < 1.29 is 23.8 Å². The lowest BCUT2D eigenvalue weighted by atomic mass is 9.90. The minimum atomic E-state index is -0.900. The number of likely N-dealkylation sites (tertiary alicyclic amines) is 1. The van der Waals surface area contributed by atoms with E-state index in [-0.39, 0.29) is 24.9 Å². The second kappa shape index (κ2) is 7.03. The summed E-state index contributed by atoms with van der Waals surface area (Å²) in [6.45, 7) is 4.19. The molecule has 138 valence electrons. The van der Waals surface area contributed by atoms with E-state index in [2.05, 4.69) is 4.98 Å². The number of aromatic nitrogens is 1. The van der Waals surface area contributed by atoms with Crippen LogP contribution in [0, 0.1) is 18.2 Å². The number of carboxylic acid groups (broad SMARTS) is 1. The van der Waals surface area contributed by atoms with Gasteiger partial charge in [0.1, 0.15) is 28.1 Å². The number of aliphatic carboxylic acids is 1. The van der Waals surface area contributed by atoms with Crippen molar-refractivity contribution in [2.75, 3.05) is 13.1 Å². The summed E-state index contributed by atoms with van der Waals surface area (Å²) in [5, 5.41) is 9.94. The Balaban J connectivity index is 1.67.